The Hall–Kier alpha value is -2.34. The number of rotatable bonds is 4. The Morgan fingerprint density at radius 3 is 3.09 bits per heavy atom. The van der Waals surface area contributed by atoms with Crippen molar-refractivity contribution in [3.8, 4) is 11.3 Å². The number of nitrogens with one attached hydrogen (secondary N) is 1. The van der Waals surface area contributed by atoms with Crippen molar-refractivity contribution in [1.82, 2.24) is 24.1 Å². The van der Waals surface area contributed by atoms with Crippen LogP contribution in [0.4, 0.5) is 0 Å². The minimum atomic E-state index is 0.174. The first-order valence-electron chi connectivity index (χ1n) is 7.68. The van der Waals surface area contributed by atoms with Crippen molar-refractivity contribution in [3.63, 3.8) is 0 Å². The van der Waals surface area contributed by atoms with Gasteiger partial charge in [0.25, 0.3) is 0 Å². The molecule has 1 atom stereocenters. The Labute approximate surface area is 128 Å². The monoisotopic (exact) mass is 297 g/mol. The van der Waals surface area contributed by atoms with Gasteiger partial charge >= 0.3 is 0 Å². The molecule has 0 aromatic carbocycles. The molecule has 1 fully saturated rings. The molecule has 3 aromatic rings. The van der Waals surface area contributed by atoms with Crippen LogP contribution in [-0.4, -0.2) is 30.7 Å². The van der Waals surface area contributed by atoms with Crippen LogP contribution in [0.5, 0.6) is 0 Å². The maximum absolute atomic E-state index is 5.81. The maximum atomic E-state index is 5.81. The number of aromatic nitrogens is 5. The summed E-state index contributed by atoms with van der Waals surface area (Å²) >= 11 is 0. The molecule has 1 saturated heterocycles. The average Bonchev–Trinajstić information content (AvgIpc) is 3.30. The van der Waals surface area contributed by atoms with E-state index < -0.39 is 0 Å². The number of nitrogens with zero attached hydrogens (tertiary/aromatic N) is 4. The van der Waals surface area contributed by atoms with E-state index in [0.717, 1.165) is 30.1 Å². The van der Waals surface area contributed by atoms with E-state index >= 15 is 0 Å². The fraction of sp³-hybridized carbons (Fsp3) is 0.375. The van der Waals surface area contributed by atoms with Gasteiger partial charge in [-0.2, -0.15) is 0 Å². The predicted molar refractivity (Wildman–Crippen MR) is 82.2 cm³/mol. The Balaban J connectivity index is 1.50. The molecule has 1 N–H and O–H groups in total. The van der Waals surface area contributed by atoms with Crippen LogP contribution in [0, 0.1) is 0 Å². The number of hydrogen-bond acceptors (Lipinski definition) is 3. The summed E-state index contributed by atoms with van der Waals surface area (Å²) in [5, 5.41) is 0. The molecule has 0 amide bonds. The van der Waals surface area contributed by atoms with Crippen LogP contribution >= 0.6 is 0 Å². The van der Waals surface area contributed by atoms with Gasteiger partial charge in [-0.3, -0.25) is 0 Å². The van der Waals surface area contributed by atoms with Gasteiger partial charge in [-0.1, -0.05) is 0 Å². The molecule has 4 rings (SSSR count). The second-order valence-electron chi connectivity index (χ2n) is 5.64. The van der Waals surface area contributed by atoms with Gasteiger partial charge in [-0.15, -0.1) is 0 Å². The molecule has 1 aliphatic heterocycles. The molecule has 4 heterocycles. The summed E-state index contributed by atoms with van der Waals surface area (Å²) in [5.74, 6) is 0.928. The van der Waals surface area contributed by atoms with Crippen molar-refractivity contribution in [2.45, 2.75) is 32.0 Å². The number of hydrogen-bond donors (Lipinski definition) is 1. The summed E-state index contributed by atoms with van der Waals surface area (Å²) in [6.45, 7) is 1.56. The quantitative estimate of drug-likeness (QED) is 0.805. The van der Waals surface area contributed by atoms with E-state index in [-0.39, 0.29) is 6.23 Å². The fourth-order valence-electron chi connectivity index (χ4n) is 2.86. The Kier molecular flexibility index (Phi) is 3.52. The van der Waals surface area contributed by atoms with Crippen molar-refractivity contribution in [1.29, 1.82) is 0 Å². The molecule has 6 nitrogen and oxygen atoms in total. The summed E-state index contributed by atoms with van der Waals surface area (Å²) in [7, 11) is 0. The van der Waals surface area contributed by atoms with E-state index in [1.807, 2.05) is 23.3 Å². The number of aromatic amines is 1. The normalized spacial score (nSPS) is 18.6. The first-order chi connectivity index (χ1) is 10.9. The van der Waals surface area contributed by atoms with Gasteiger partial charge in [0.15, 0.2) is 0 Å². The Morgan fingerprint density at radius 1 is 1.27 bits per heavy atom. The van der Waals surface area contributed by atoms with Crippen LogP contribution in [0.15, 0.2) is 43.4 Å². The van der Waals surface area contributed by atoms with Gasteiger partial charge in [-0.05, 0) is 25.3 Å². The largest absolute Gasteiger partial charge is 0.358 e. The molecule has 114 valence electrons. The summed E-state index contributed by atoms with van der Waals surface area (Å²) in [6.07, 6.45) is 15.3. The topological polar surface area (TPSA) is 60.7 Å². The van der Waals surface area contributed by atoms with E-state index in [4.69, 9.17) is 4.74 Å². The molecule has 0 aliphatic carbocycles. The van der Waals surface area contributed by atoms with E-state index in [2.05, 4.69) is 38.0 Å². The lowest BCUT2D eigenvalue weighted by Crippen LogP contribution is -2.16. The van der Waals surface area contributed by atoms with Gasteiger partial charge in [-0.25, -0.2) is 9.97 Å². The van der Waals surface area contributed by atoms with E-state index in [1.165, 1.54) is 12.8 Å². The lowest BCUT2D eigenvalue weighted by molar-refractivity contribution is -0.0317. The van der Waals surface area contributed by atoms with Gasteiger partial charge in [0, 0.05) is 43.2 Å². The van der Waals surface area contributed by atoms with Crippen LogP contribution in [0.1, 0.15) is 31.3 Å². The maximum Gasteiger partial charge on any atom is 0.133 e. The summed E-state index contributed by atoms with van der Waals surface area (Å²) < 4.78 is 10.00. The van der Waals surface area contributed by atoms with Crippen molar-refractivity contribution in [2.24, 2.45) is 0 Å². The van der Waals surface area contributed by atoms with Crippen molar-refractivity contribution < 1.29 is 4.74 Å². The van der Waals surface area contributed by atoms with Crippen LogP contribution in [0.3, 0.4) is 0 Å². The molecule has 22 heavy (non-hydrogen) atoms. The third-order valence-corrected chi connectivity index (χ3v) is 4.02. The molecule has 3 aromatic heterocycles. The average molecular weight is 297 g/mol. The van der Waals surface area contributed by atoms with Crippen LogP contribution in [-0.2, 0) is 11.3 Å². The molecule has 1 unspecified atom stereocenters. The lowest BCUT2D eigenvalue weighted by Gasteiger charge is -2.23. The number of H-pyrrole nitrogens is 1. The summed E-state index contributed by atoms with van der Waals surface area (Å²) in [4.78, 5) is 11.8. The highest BCUT2D eigenvalue weighted by Crippen LogP contribution is 2.26. The van der Waals surface area contributed by atoms with E-state index in [9.17, 15) is 0 Å². The highest BCUT2D eigenvalue weighted by Gasteiger charge is 2.16. The zero-order valence-corrected chi connectivity index (χ0v) is 12.4. The molecular formula is C16H19N5O. The van der Waals surface area contributed by atoms with Gasteiger partial charge in [0.05, 0.1) is 18.6 Å². The first kappa shape index (κ1) is 13.3. The van der Waals surface area contributed by atoms with E-state index in [0.29, 0.717) is 6.54 Å². The smallest absolute Gasteiger partial charge is 0.133 e. The molecule has 6 heteroatoms. The molecule has 0 saturated carbocycles. The summed E-state index contributed by atoms with van der Waals surface area (Å²) in [5.41, 5.74) is 2.09. The molecule has 1 aliphatic rings. The summed E-state index contributed by atoms with van der Waals surface area (Å²) in [6, 6.07) is 2.09. The number of imidazole rings is 2. The second-order valence-corrected chi connectivity index (χ2v) is 5.64. The zero-order valence-electron chi connectivity index (χ0n) is 12.4. The third kappa shape index (κ3) is 2.69. The van der Waals surface area contributed by atoms with Crippen LogP contribution in [0.25, 0.3) is 11.3 Å². The minimum absolute atomic E-state index is 0.174. The lowest BCUT2D eigenvalue weighted by atomic mass is 10.2. The number of ether oxygens (including phenoxy) is 1. The van der Waals surface area contributed by atoms with Crippen molar-refractivity contribution in [3.05, 3.63) is 49.2 Å². The molecular weight excluding hydrogens is 278 g/mol. The Bertz CT molecular complexity index is 721. The van der Waals surface area contributed by atoms with E-state index in [1.54, 1.807) is 6.20 Å². The SMILES string of the molecule is c1c[nH]c(Cn2cnc(-c3ccn(C4CCCCO4)c3)c2)n1. The highest BCUT2D eigenvalue weighted by molar-refractivity contribution is 5.57. The molecule has 0 spiro atoms. The van der Waals surface area contributed by atoms with Gasteiger partial charge < -0.3 is 18.9 Å². The van der Waals surface area contributed by atoms with Crippen LogP contribution in [0.2, 0.25) is 0 Å². The molecule has 0 bridgehead atoms. The Morgan fingerprint density at radius 2 is 2.27 bits per heavy atom. The second kappa shape index (κ2) is 5.81. The standard InChI is InChI=1S/C16H19N5O/c1-2-8-22-16(3-1)21-7-4-13(9-21)14-10-20(12-19-14)11-15-17-5-6-18-15/h4-7,9-10,12,16H,1-3,8,11H2,(H,17,18). The molecule has 0 radical (unpaired) electrons. The van der Waals surface area contributed by atoms with Gasteiger partial charge in [0.2, 0.25) is 0 Å². The third-order valence-electron chi connectivity index (χ3n) is 4.02. The van der Waals surface area contributed by atoms with Gasteiger partial charge in [0.1, 0.15) is 12.1 Å². The fourth-order valence-corrected chi connectivity index (χ4v) is 2.86. The van der Waals surface area contributed by atoms with Crippen LogP contribution < -0.4 is 0 Å². The van der Waals surface area contributed by atoms with Crippen molar-refractivity contribution in [2.75, 3.05) is 6.61 Å². The zero-order chi connectivity index (χ0) is 14.8. The minimum Gasteiger partial charge on any atom is -0.358 e. The highest BCUT2D eigenvalue weighted by atomic mass is 16.5. The predicted octanol–water partition coefficient (Wildman–Crippen LogP) is 2.82. The van der Waals surface area contributed by atoms with Crippen molar-refractivity contribution >= 4 is 0 Å². The first-order valence-corrected chi connectivity index (χ1v) is 7.68.